The molecule has 0 amide bonds. The monoisotopic (exact) mass is 293 g/mol. The SMILES string of the molecule is COc1cncc(P(c2ccccc2)c2ccccc2)c1. The summed E-state index contributed by atoms with van der Waals surface area (Å²) in [6.45, 7) is 0. The van der Waals surface area contributed by atoms with Crippen molar-refractivity contribution in [1.82, 2.24) is 4.98 Å². The fourth-order valence-corrected chi connectivity index (χ4v) is 4.52. The van der Waals surface area contributed by atoms with E-state index in [0.29, 0.717) is 0 Å². The molecule has 0 spiro atoms. The van der Waals surface area contributed by atoms with Crippen LogP contribution in [-0.2, 0) is 0 Å². The Morgan fingerprint density at radius 2 is 1.33 bits per heavy atom. The van der Waals surface area contributed by atoms with Crippen molar-refractivity contribution in [2.45, 2.75) is 0 Å². The molecule has 0 aliphatic rings. The van der Waals surface area contributed by atoms with Crippen LogP contribution < -0.4 is 20.7 Å². The van der Waals surface area contributed by atoms with Crippen molar-refractivity contribution in [2.75, 3.05) is 7.11 Å². The normalized spacial score (nSPS) is 10.6. The third-order valence-electron chi connectivity index (χ3n) is 3.22. The average molecular weight is 293 g/mol. The molecular weight excluding hydrogens is 277 g/mol. The first-order chi connectivity index (χ1) is 10.4. The van der Waals surface area contributed by atoms with Gasteiger partial charge in [0.2, 0.25) is 0 Å². The minimum absolute atomic E-state index is 0.610. The fourth-order valence-electron chi connectivity index (χ4n) is 2.24. The van der Waals surface area contributed by atoms with Crippen LogP contribution in [0, 0.1) is 0 Å². The van der Waals surface area contributed by atoms with Crippen LogP contribution in [0.25, 0.3) is 0 Å². The molecule has 0 unspecified atom stereocenters. The average Bonchev–Trinajstić information content (AvgIpc) is 2.57. The predicted octanol–water partition coefficient (Wildman–Crippen LogP) is 2.85. The maximum Gasteiger partial charge on any atom is 0.137 e. The lowest BCUT2D eigenvalue weighted by atomic mass is 10.4. The molecule has 0 bridgehead atoms. The Bertz CT molecular complexity index is 661. The van der Waals surface area contributed by atoms with Gasteiger partial charge in [0.15, 0.2) is 0 Å². The van der Waals surface area contributed by atoms with E-state index in [1.165, 1.54) is 15.9 Å². The first kappa shape index (κ1) is 13.8. The smallest absolute Gasteiger partial charge is 0.137 e. The Kier molecular flexibility index (Phi) is 4.28. The quantitative estimate of drug-likeness (QED) is 0.690. The summed E-state index contributed by atoms with van der Waals surface area (Å²) >= 11 is 0. The van der Waals surface area contributed by atoms with Crippen molar-refractivity contribution < 1.29 is 4.74 Å². The third-order valence-corrected chi connectivity index (χ3v) is 5.61. The minimum atomic E-state index is -0.610. The van der Waals surface area contributed by atoms with Gasteiger partial charge in [-0.1, -0.05) is 60.7 Å². The molecule has 0 aliphatic carbocycles. The van der Waals surface area contributed by atoms with E-state index in [-0.39, 0.29) is 0 Å². The number of ether oxygens (including phenoxy) is 1. The standard InChI is InChI=1S/C18H16NOP/c1-20-15-12-18(14-19-13-15)21(16-8-4-2-5-9-16)17-10-6-3-7-11-17/h2-14H,1H3. The summed E-state index contributed by atoms with van der Waals surface area (Å²) < 4.78 is 5.32. The summed E-state index contributed by atoms with van der Waals surface area (Å²) in [6.07, 6.45) is 3.68. The van der Waals surface area contributed by atoms with Crippen LogP contribution in [0.2, 0.25) is 0 Å². The van der Waals surface area contributed by atoms with Gasteiger partial charge in [-0.05, 0) is 24.6 Å². The number of hydrogen-bond acceptors (Lipinski definition) is 2. The van der Waals surface area contributed by atoms with Gasteiger partial charge < -0.3 is 4.74 Å². The Morgan fingerprint density at radius 3 is 1.86 bits per heavy atom. The molecule has 0 atom stereocenters. The first-order valence-electron chi connectivity index (χ1n) is 6.78. The molecule has 0 N–H and O–H groups in total. The molecule has 3 heteroatoms. The van der Waals surface area contributed by atoms with Crippen molar-refractivity contribution in [3.05, 3.63) is 79.1 Å². The van der Waals surface area contributed by atoms with Crippen LogP contribution in [0.3, 0.4) is 0 Å². The highest BCUT2D eigenvalue weighted by Crippen LogP contribution is 2.33. The summed E-state index contributed by atoms with van der Waals surface area (Å²) in [4.78, 5) is 4.32. The highest BCUT2D eigenvalue weighted by molar-refractivity contribution is 7.79. The zero-order valence-electron chi connectivity index (χ0n) is 11.8. The molecule has 2 aromatic carbocycles. The molecule has 1 heterocycles. The summed E-state index contributed by atoms with van der Waals surface area (Å²) in [6, 6.07) is 23.2. The molecule has 2 nitrogen and oxygen atoms in total. The van der Waals surface area contributed by atoms with Gasteiger partial charge in [-0.25, -0.2) is 0 Å². The van der Waals surface area contributed by atoms with Crippen molar-refractivity contribution in [2.24, 2.45) is 0 Å². The van der Waals surface area contributed by atoms with Gasteiger partial charge in [-0.15, -0.1) is 0 Å². The molecule has 0 saturated carbocycles. The summed E-state index contributed by atoms with van der Waals surface area (Å²) in [5, 5.41) is 3.82. The van der Waals surface area contributed by atoms with Gasteiger partial charge >= 0.3 is 0 Å². The van der Waals surface area contributed by atoms with Crippen LogP contribution in [0.1, 0.15) is 0 Å². The number of nitrogens with zero attached hydrogens (tertiary/aromatic N) is 1. The van der Waals surface area contributed by atoms with Gasteiger partial charge in [-0.2, -0.15) is 0 Å². The maximum absolute atomic E-state index is 5.32. The second kappa shape index (κ2) is 6.51. The van der Waals surface area contributed by atoms with Gasteiger partial charge in [0, 0.05) is 11.5 Å². The van der Waals surface area contributed by atoms with Crippen LogP contribution in [0.5, 0.6) is 5.75 Å². The van der Waals surface area contributed by atoms with E-state index in [1.807, 2.05) is 18.3 Å². The number of methoxy groups -OCH3 is 1. The molecule has 104 valence electrons. The molecular formula is C18H16NOP. The third kappa shape index (κ3) is 3.12. The number of aromatic nitrogens is 1. The van der Waals surface area contributed by atoms with Crippen LogP contribution in [0.4, 0.5) is 0 Å². The van der Waals surface area contributed by atoms with Crippen LogP contribution >= 0.6 is 7.92 Å². The zero-order valence-corrected chi connectivity index (χ0v) is 12.7. The van der Waals surface area contributed by atoms with E-state index in [0.717, 1.165) is 5.75 Å². The molecule has 3 rings (SSSR count). The predicted molar refractivity (Wildman–Crippen MR) is 89.5 cm³/mol. The van der Waals surface area contributed by atoms with E-state index < -0.39 is 7.92 Å². The fraction of sp³-hybridized carbons (Fsp3) is 0.0556. The van der Waals surface area contributed by atoms with Crippen molar-refractivity contribution in [3.63, 3.8) is 0 Å². The Morgan fingerprint density at radius 1 is 0.762 bits per heavy atom. The second-order valence-electron chi connectivity index (χ2n) is 4.59. The number of benzene rings is 2. The van der Waals surface area contributed by atoms with Gasteiger partial charge in [0.05, 0.1) is 13.3 Å². The van der Waals surface area contributed by atoms with Crippen molar-refractivity contribution in [3.8, 4) is 5.75 Å². The van der Waals surface area contributed by atoms with Gasteiger partial charge in [-0.3, -0.25) is 4.98 Å². The zero-order chi connectivity index (χ0) is 14.5. The maximum atomic E-state index is 5.32. The lowest BCUT2D eigenvalue weighted by Gasteiger charge is -2.19. The highest BCUT2D eigenvalue weighted by Gasteiger charge is 2.16. The molecule has 3 aromatic rings. The second-order valence-corrected chi connectivity index (χ2v) is 6.81. The van der Waals surface area contributed by atoms with Gasteiger partial charge in [0.1, 0.15) is 5.75 Å². The molecule has 0 aliphatic heterocycles. The van der Waals surface area contributed by atoms with Gasteiger partial charge in [0.25, 0.3) is 0 Å². The van der Waals surface area contributed by atoms with Crippen LogP contribution in [0.15, 0.2) is 79.1 Å². The van der Waals surface area contributed by atoms with E-state index >= 15 is 0 Å². The number of hydrogen-bond donors (Lipinski definition) is 0. The lowest BCUT2D eigenvalue weighted by molar-refractivity contribution is 0.413. The van der Waals surface area contributed by atoms with Crippen molar-refractivity contribution >= 4 is 23.8 Å². The van der Waals surface area contributed by atoms with E-state index in [1.54, 1.807) is 13.3 Å². The van der Waals surface area contributed by atoms with Crippen LogP contribution in [-0.4, -0.2) is 12.1 Å². The molecule has 21 heavy (non-hydrogen) atoms. The summed E-state index contributed by atoms with van der Waals surface area (Å²) in [7, 11) is 1.06. The Hall–Kier alpha value is -2.18. The molecule has 0 saturated heterocycles. The summed E-state index contributed by atoms with van der Waals surface area (Å²) in [5.74, 6) is 0.798. The van der Waals surface area contributed by atoms with E-state index in [4.69, 9.17) is 4.74 Å². The molecule has 0 fully saturated rings. The Balaban J connectivity index is 2.12. The first-order valence-corrected chi connectivity index (χ1v) is 8.12. The highest BCUT2D eigenvalue weighted by atomic mass is 31.1. The van der Waals surface area contributed by atoms with Crippen molar-refractivity contribution in [1.29, 1.82) is 0 Å². The molecule has 1 aromatic heterocycles. The Labute approximate surface area is 126 Å². The van der Waals surface area contributed by atoms with E-state index in [2.05, 4.69) is 59.6 Å². The topological polar surface area (TPSA) is 22.1 Å². The minimum Gasteiger partial charge on any atom is -0.495 e. The lowest BCUT2D eigenvalue weighted by Crippen LogP contribution is -2.20. The number of pyridine rings is 1. The number of rotatable bonds is 4. The largest absolute Gasteiger partial charge is 0.495 e. The molecule has 0 radical (unpaired) electrons. The van der Waals surface area contributed by atoms with E-state index in [9.17, 15) is 0 Å². The summed E-state index contributed by atoms with van der Waals surface area (Å²) in [5.41, 5.74) is 0.